The van der Waals surface area contributed by atoms with Crippen molar-refractivity contribution in [3.63, 3.8) is 0 Å². The molecule has 0 radical (unpaired) electrons. The van der Waals surface area contributed by atoms with Gasteiger partial charge < -0.3 is 34.9 Å². The van der Waals surface area contributed by atoms with E-state index in [9.17, 15) is 9.59 Å². The third-order valence-corrected chi connectivity index (χ3v) is 5.77. The molecule has 1 saturated heterocycles. The van der Waals surface area contributed by atoms with Gasteiger partial charge in [0.25, 0.3) is 11.5 Å². The number of anilines is 3. The first-order chi connectivity index (χ1) is 16.4. The smallest absolute Gasteiger partial charge is 0.293 e. The van der Waals surface area contributed by atoms with Gasteiger partial charge in [-0.25, -0.2) is 4.98 Å². The predicted molar refractivity (Wildman–Crippen MR) is 131 cm³/mol. The largest absolute Gasteiger partial charge is 0.494 e. The van der Waals surface area contributed by atoms with E-state index in [0.717, 1.165) is 26.2 Å². The van der Waals surface area contributed by atoms with Crippen LogP contribution in [0.2, 0.25) is 5.02 Å². The number of carbonyl (C=O) groups is 1. The first-order valence-corrected chi connectivity index (χ1v) is 11.1. The van der Waals surface area contributed by atoms with Crippen LogP contribution in [0.15, 0.2) is 29.2 Å². The van der Waals surface area contributed by atoms with Gasteiger partial charge in [0.05, 0.1) is 18.8 Å². The normalized spacial score (nSPS) is 13.6. The Hall–Kier alpha value is -3.57. The molecule has 11 nitrogen and oxygen atoms in total. The molecular formula is C22H26ClN7O4. The summed E-state index contributed by atoms with van der Waals surface area (Å²) in [5.74, 6) is 1.23. The van der Waals surface area contributed by atoms with E-state index in [1.54, 1.807) is 25.4 Å². The molecule has 3 aromatic rings. The standard InChI is InChI=1S/C22H26ClN7O4/c1-24-18(31)12-34-17-9-13-8-14(10-16(33-3)19(13)29(2)21(17)32)27-20-15(23)11-26-22(28-20)30-6-4-25-5-7-30/h8-11,25H,4-7,12H2,1-3H3,(H,24,31)(H,26,27,28). The van der Waals surface area contributed by atoms with E-state index >= 15 is 0 Å². The fraction of sp³-hybridized carbons (Fsp3) is 0.364. The van der Waals surface area contributed by atoms with Gasteiger partial charge in [-0.05, 0) is 12.1 Å². The van der Waals surface area contributed by atoms with Gasteiger partial charge in [-0.2, -0.15) is 4.98 Å². The number of aromatic nitrogens is 3. The third kappa shape index (κ3) is 4.85. The van der Waals surface area contributed by atoms with Crippen LogP contribution in [0.5, 0.6) is 11.5 Å². The second-order valence-corrected chi connectivity index (χ2v) is 8.09. The number of nitrogens with one attached hydrogen (secondary N) is 3. The number of ether oxygens (including phenoxy) is 2. The maximum absolute atomic E-state index is 12.8. The zero-order chi connectivity index (χ0) is 24.2. The maximum atomic E-state index is 12.8. The molecule has 1 aliphatic rings. The lowest BCUT2D eigenvalue weighted by Gasteiger charge is -2.27. The molecule has 0 unspecified atom stereocenters. The van der Waals surface area contributed by atoms with Crippen molar-refractivity contribution in [2.75, 3.05) is 57.2 Å². The number of rotatable bonds is 7. The summed E-state index contributed by atoms with van der Waals surface area (Å²) < 4.78 is 12.4. The van der Waals surface area contributed by atoms with Gasteiger partial charge in [-0.1, -0.05) is 11.6 Å². The highest BCUT2D eigenvalue weighted by molar-refractivity contribution is 6.32. The number of nitrogens with zero attached hydrogens (tertiary/aromatic N) is 4. The summed E-state index contributed by atoms with van der Waals surface area (Å²) in [6.07, 6.45) is 1.57. The topological polar surface area (TPSA) is 123 Å². The Morgan fingerprint density at radius 2 is 2.00 bits per heavy atom. The number of halogens is 1. The number of aryl methyl sites for hydroxylation is 1. The number of benzene rings is 1. The molecule has 1 aromatic carbocycles. The highest BCUT2D eigenvalue weighted by Gasteiger charge is 2.17. The summed E-state index contributed by atoms with van der Waals surface area (Å²) in [6.45, 7) is 3.06. The van der Waals surface area contributed by atoms with E-state index in [2.05, 4.69) is 30.8 Å². The van der Waals surface area contributed by atoms with E-state index in [4.69, 9.17) is 21.1 Å². The molecule has 0 bridgehead atoms. The van der Waals surface area contributed by atoms with Crippen LogP contribution >= 0.6 is 11.6 Å². The molecule has 0 spiro atoms. The van der Waals surface area contributed by atoms with Crippen molar-refractivity contribution in [1.29, 1.82) is 0 Å². The Kier molecular flexibility index (Phi) is 7.03. The number of amides is 1. The monoisotopic (exact) mass is 487 g/mol. The molecule has 180 valence electrons. The molecule has 3 N–H and O–H groups in total. The Morgan fingerprint density at radius 3 is 2.71 bits per heavy atom. The van der Waals surface area contributed by atoms with Gasteiger partial charge in [0.15, 0.2) is 18.2 Å². The van der Waals surface area contributed by atoms with Crippen molar-refractivity contribution < 1.29 is 14.3 Å². The number of pyridine rings is 1. The molecule has 2 aromatic heterocycles. The lowest BCUT2D eigenvalue weighted by molar-refractivity contribution is -0.122. The number of hydrogen-bond donors (Lipinski definition) is 3. The van der Waals surface area contributed by atoms with Crippen LogP contribution in [0.4, 0.5) is 17.5 Å². The fourth-order valence-corrected chi connectivity index (χ4v) is 3.85. The minimum Gasteiger partial charge on any atom is -0.494 e. The van der Waals surface area contributed by atoms with Gasteiger partial charge >= 0.3 is 0 Å². The van der Waals surface area contributed by atoms with Crippen molar-refractivity contribution in [1.82, 2.24) is 25.2 Å². The first kappa shape index (κ1) is 23.6. The Morgan fingerprint density at radius 1 is 1.24 bits per heavy atom. The molecular weight excluding hydrogens is 462 g/mol. The van der Waals surface area contributed by atoms with Gasteiger partial charge in [-0.15, -0.1) is 0 Å². The van der Waals surface area contributed by atoms with Gasteiger partial charge in [0.2, 0.25) is 5.95 Å². The summed E-state index contributed by atoms with van der Waals surface area (Å²) in [6, 6.07) is 5.17. The van der Waals surface area contributed by atoms with E-state index in [-0.39, 0.29) is 23.8 Å². The van der Waals surface area contributed by atoms with Gasteiger partial charge in [0, 0.05) is 57.4 Å². The molecule has 0 atom stereocenters. The number of methoxy groups -OCH3 is 1. The van der Waals surface area contributed by atoms with Crippen LogP contribution in [0.25, 0.3) is 10.9 Å². The van der Waals surface area contributed by atoms with Crippen LogP contribution in [0, 0.1) is 0 Å². The fourth-order valence-electron chi connectivity index (χ4n) is 3.71. The molecule has 1 amide bonds. The van der Waals surface area contributed by atoms with Crippen LogP contribution < -0.4 is 35.9 Å². The first-order valence-electron chi connectivity index (χ1n) is 10.7. The lowest BCUT2D eigenvalue weighted by Crippen LogP contribution is -2.44. The number of piperazine rings is 1. The number of carbonyl (C=O) groups excluding carboxylic acids is 1. The average molecular weight is 488 g/mol. The highest BCUT2D eigenvalue weighted by atomic mass is 35.5. The van der Waals surface area contributed by atoms with Crippen LogP contribution in [0.3, 0.4) is 0 Å². The summed E-state index contributed by atoms with van der Waals surface area (Å²) in [7, 11) is 4.64. The minimum atomic E-state index is -0.380. The van der Waals surface area contributed by atoms with E-state index < -0.39 is 0 Å². The van der Waals surface area contributed by atoms with E-state index in [1.807, 2.05) is 6.07 Å². The summed E-state index contributed by atoms with van der Waals surface area (Å²) in [5, 5.41) is 10.0. The van der Waals surface area contributed by atoms with Crippen LogP contribution in [-0.4, -0.2) is 67.4 Å². The minimum absolute atomic E-state index is 0.0545. The molecule has 3 heterocycles. The number of fused-ring (bicyclic) bond motifs is 1. The SMILES string of the molecule is CNC(=O)COc1cc2cc(Nc3nc(N4CCNCC4)ncc3Cl)cc(OC)c2n(C)c1=O. The van der Waals surface area contributed by atoms with E-state index in [0.29, 0.717) is 39.1 Å². The number of hydrogen-bond acceptors (Lipinski definition) is 9. The van der Waals surface area contributed by atoms with Crippen LogP contribution in [-0.2, 0) is 11.8 Å². The molecule has 0 saturated carbocycles. The molecule has 34 heavy (non-hydrogen) atoms. The van der Waals surface area contributed by atoms with Crippen molar-refractivity contribution in [3.05, 3.63) is 39.8 Å². The highest BCUT2D eigenvalue weighted by Crippen LogP contribution is 2.33. The summed E-state index contributed by atoms with van der Waals surface area (Å²) in [4.78, 5) is 35.4. The molecule has 1 aliphatic heterocycles. The quantitative estimate of drug-likeness (QED) is 0.452. The van der Waals surface area contributed by atoms with Gasteiger partial charge in [0.1, 0.15) is 10.8 Å². The zero-order valence-electron chi connectivity index (χ0n) is 19.1. The van der Waals surface area contributed by atoms with Gasteiger partial charge in [-0.3, -0.25) is 9.59 Å². The molecule has 1 fully saturated rings. The average Bonchev–Trinajstić information content (AvgIpc) is 2.86. The summed E-state index contributed by atoms with van der Waals surface area (Å²) in [5.41, 5.74) is 0.850. The van der Waals surface area contributed by atoms with Crippen molar-refractivity contribution in [2.45, 2.75) is 0 Å². The third-order valence-electron chi connectivity index (χ3n) is 5.49. The predicted octanol–water partition coefficient (Wildman–Crippen LogP) is 1.27. The van der Waals surface area contributed by atoms with Crippen molar-refractivity contribution in [2.24, 2.45) is 7.05 Å². The zero-order valence-corrected chi connectivity index (χ0v) is 19.9. The Labute approximate surface area is 201 Å². The van der Waals surface area contributed by atoms with Crippen LogP contribution in [0.1, 0.15) is 0 Å². The lowest BCUT2D eigenvalue weighted by atomic mass is 10.1. The van der Waals surface area contributed by atoms with Crippen molar-refractivity contribution in [3.8, 4) is 11.5 Å². The van der Waals surface area contributed by atoms with E-state index in [1.165, 1.54) is 18.7 Å². The Bertz CT molecular complexity index is 1270. The second-order valence-electron chi connectivity index (χ2n) is 7.68. The van der Waals surface area contributed by atoms with Crippen molar-refractivity contribution >= 4 is 45.9 Å². The Balaban J connectivity index is 1.71. The maximum Gasteiger partial charge on any atom is 0.293 e. The summed E-state index contributed by atoms with van der Waals surface area (Å²) >= 11 is 6.38. The number of likely N-dealkylation sites (N-methyl/N-ethyl adjacent to an activating group) is 1. The molecule has 4 rings (SSSR count). The molecule has 12 heteroatoms. The molecule has 0 aliphatic carbocycles. The second kappa shape index (κ2) is 10.1.